The molecule has 0 aromatic heterocycles. The van der Waals surface area contributed by atoms with Gasteiger partial charge in [-0.1, -0.05) is 17.7 Å². The van der Waals surface area contributed by atoms with Gasteiger partial charge in [0.15, 0.2) is 11.6 Å². The molecule has 0 radical (unpaired) electrons. The Labute approximate surface area is 191 Å². The van der Waals surface area contributed by atoms with Crippen LogP contribution >= 0.6 is 0 Å². The molecule has 2 heterocycles. The van der Waals surface area contributed by atoms with E-state index in [9.17, 15) is 38.3 Å². The molecule has 1 saturated carbocycles. The lowest BCUT2D eigenvalue weighted by Gasteiger charge is -2.43. The first-order chi connectivity index (χ1) is 16.0. The van der Waals surface area contributed by atoms with Crippen LogP contribution in [0.1, 0.15) is 24.3 Å². The van der Waals surface area contributed by atoms with E-state index in [4.69, 9.17) is 11.5 Å². The third kappa shape index (κ3) is 2.74. The number of fused-ring (bicyclic) bond motifs is 4. The van der Waals surface area contributed by atoms with Crippen LogP contribution in [0.2, 0.25) is 0 Å². The molecule has 3 fully saturated rings. The normalized spacial score (nSPS) is 32.3. The smallest absolute Gasteiger partial charge is 0.328 e. The van der Waals surface area contributed by atoms with Crippen molar-refractivity contribution in [1.29, 1.82) is 0 Å². The Kier molecular flexibility index (Phi) is 4.61. The quantitative estimate of drug-likeness (QED) is 0.390. The molecule has 5 rings (SSSR count). The fourth-order valence-electron chi connectivity index (χ4n) is 6.11. The van der Waals surface area contributed by atoms with E-state index in [2.05, 4.69) is 0 Å². The molecular weight excluding hydrogens is 451 g/mol. The van der Waals surface area contributed by atoms with Gasteiger partial charge in [-0.15, -0.1) is 0 Å². The van der Waals surface area contributed by atoms with Crippen LogP contribution in [0, 0.1) is 35.4 Å². The molecule has 2 saturated heterocycles. The molecule has 6 atom stereocenters. The summed E-state index contributed by atoms with van der Waals surface area (Å²) in [5.41, 5.74) is 11.3. The third-order valence-corrected chi connectivity index (χ3v) is 7.42. The van der Waals surface area contributed by atoms with Crippen LogP contribution in [-0.4, -0.2) is 50.6 Å². The molecule has 4 aliphatic rings. The summed E-state index contributed by atoms with van der Waals surface area (Å²) >= 11 is 0. The number of primary amides is 2. The van der Waals surface area contributed by atoms with Gasteiger partial charge in [0.1, 0.15) is 0 Å². The fourth-order valence-corrected chi connectivity index (χ4v) is 6.11. The summed E-state index contributed by atoms with van der Waals surface area (Å²) in [5.74, 6) is -10.5. The van der Waals surface area contributed by atoms with Gasteiger partial charge in [-0.2, -0.15) is 9.80 Å². The van der Waals surface area contributed by atoms with Crippen molar-refractivity contribution in [3.63, 3.8) is 0 Å². The van der Waals surface area contributed by atoms with Gasteiger partial charge in [-0.3, -0.25) is 19.2 Å². The van der Waals surface area contributed by atoms with Gasteiger partial charge in [-0.25, -0.2) is 14.0 Å². The van der Waals surface area contributed by atoms with Gasteiger partial charge in [0.25, 0.3) is 0 Å². The predicted octanol–water partition coefficient (Wildman–Crippen LogP) is 0.325. The minimum Gasteiger partial charge on any atom is -0.505 e. The highest BCUT2D eigenvalue weighted by atomic mass is 19.1. The molecule has 34 heavy (non-hydrogen) atoms. The fraction of sp³-hybridized carbons (Fsp3) is 0.364. The van der Waals surface area contributed by atoms with Crippen molar-refractivity contribution < 1.29 is 38.3 Å². The monoisotopic (exact) mass is 470 g/mol. The van der Waals surface area contributed by atoms with E-state index < -0.39 is 82.8 Å². The van der Waals surface area contributed by atoms with Crippen LogP contribution in [0.15, 0.2) is 29.8 Å². The second-order valence-electron chi connectivity index (χ2n) is 8.94. The maximum atomic E-state index is 14.3. The summed E-state index contributed by atoms with van der Waals surface area (Å²) < 4.78 is 14.3. The van der Waals surface area contributed by atoms with Gasteiger partial charge >= 0.3 is 12.1 Å². The molecule has 1 aromatic rings. The molecule has 1 aromatic carbocycles. The number of hydrogen-bond acceptors (Lipinski definition) is 7. The second-order valence-corrected chi connectivity index (χ2v) is 8.94. The Morgan fingerprint density at radius 1 is 0.882 bits per heavy atom. The lowest BCUT2D eigenvalue weighted by atomic mass is 9.57. The van der Waals surface area contributed by atoms with Crippen molar-refractivity contribution in [2.24, 2.45) is 41.1 Å². The summed E-state index contributed by atoms with van der Waals surface area (Å²) in [6, 6.07) is 1.05. The standard InChI is InChI=1S/C22H19FN4O7/c23-12-5-7(1-4-13(12)28)14-8-2-3-9-15(19(31)26(17(9)29)21(24)33)10(8)6-11-16(14)20(32)27(18(11)30)22(25)34/h1-2,4-5,9-11,14-16,28H,3,6H2,(H2,24,33)(H2,25,34). The van der Waals surface area contributed by atoms with Crippen molar-refractivity contribution in [2.45, 2.75) is 18.8 Å². The zero-order valence-electron chi connectivity index (χ0n) is 17.5. The molecule has 0 spiro atoms. The Hall–Kier alpha value is -4.09. The predicted molar refractivity (Wildman–Crippen MR) is 108 cm³/mol. The maximum Gasteiger partial charge on any atom is 0.328 e. The highest BCUT2D eigenvalue weighted by Gasteiger charge is 2.63. The highest BCUT2D eigenvalue weighted by molar-refractivity contribution is 6.18. The van der Waals surface area contributed by atoms with Gasteiger partial charge in [0, 0.05) is 5.92 Å². The van der Waals surface area contributed by atoms with Gasteiger partial charge in [-0.05, 0) is 36.5 Å². The number of rotatable bonds is 1. The SMILES string of the molecule is NC(=O)N1C(=O)C2CC=C3C(CC4C(=O)N(C(N)=O)C(=O)C4C3c3ccc(O)c(F)c3)C2C1=O. The number of phenols is 1. The van der Waals surface area contributed by atoms with Crippen LogP contribution in [0.4, 0.5) is 14.0 Å². The minimum atomic E-state index is -1.25. The van der Waals surface area contributed by atoms with Crippen LogP contribution in [0.3, 0.4) is 0 Å². The Bertz CT molecular complexity index is 1240. The Morgan fingerprint density at radius 2 is 1.47 bits per heavy atom. The number of nitrogens with zero attached hydrogens (tertiary/aromatic N) is 2. The van der Waals surface area contributed by atoms with Crippen molar-refractivity contribution >= 4 is 35.7 Å². The number of hydrogen-bond donors (Lipinski definition) is 3. The van der Waals surface area contributed by atoms with E-state index in [0.29, 0.717) is 15.4 Å². The first-order valence-electron chi connectivity index (χ1n) is 10.6. The van der Waals surface area contributed by atoms with Gasteiger partial charge in [0.05, 0.1) is 23.7 Å². The number of carbonyl (C=O) groups excluding carboxylic acids is 6. The molecule has 176 valence electrons. The maximum absolute atomic E-state index is 14.3. The van der Waals surface area contributed by atoms with Gasteiger partial charge in [0.2, 0.25) is 23.6 Å². The third-order valence-electron chi connectivity index (χ3n) is 7.42. The first-order valence-corrected chi connectivity index (χ1v) is 10.6. The second kappa shape index (κ2) is 7.20. The summed E-state index contributed by atoms with van der Waals surface area (Å²) in [5, 5.41) is 9.63. The molecule has 12 heteroatoms. The summed E-state index contributed by atoms with van der Waals surface area (Å²) in [6.45, 7) is 0. The number of amides is 8. The largest absolute Gasteiger partial charge is 0.505 e. The molecule has 8 amide bonds. The highest BCUT2D eigenvalue weighted by Crippen LogP contribution is 2.57. The minimum absolute atomic E-state index is 0.0469. The molecular formula is C22H19FN4O7. The zero-order valence-corrected chi connectivity index (χ0v) is 17.5. The van der Waals surface area contributed by atoms with E-state index in [-0.39, 0.29) is 18.4 Å². The molecule has 0 bridgehead atoms. The van der Waals surface area contributed by atoms with Crippen LogP contribution < -0.4 is 11.5 Å². The van der Waals surface area contributed by atoms with Crippen LogP contribution in [-0.2, 0) is 19.2 Å². The number of carbonyl (C=O) groups is 6. The lowest BCUT2D eigenvalue weighted by molar-refractivity contribution is -0.138. The van der Waals surface area contributed by atoms with Crippen LogP contribution in [0.25, 0.3) is 0 Å². The van der Waals surface area contributed by atoms with Gasteiger partial charge < -0.3 is 16.6 Å². The van der Waals surface area contributed by atoms with Crippen molar-refractivity contribution in [1.82, 2.24) is 9.80 Å². The van der Waals surface area contributed by atoms with Crippen molar-refractivity contribution in [2.75, 3.05) is 0 Å². The summed E-state index contributed by atoms with van der Waals surface area (Å²) in [4.78, 5) is 76.2. The Morgan fingerprint density at radius 3 is 2.06 bits per heavy atom. The average Bonchev–Trinajstić information content (AvgIpc) is 3.18. The number of imide groups is 6. The number of benzene rings is 1. The zero-order chi connectivity index (χ0) is 24.6. The molecule has 11 nitrogen and oxygen atoms in total. The number of nitrogens with two attached hydrogens (primary N) is 2. The molecule has 5 N–H and O–H groups in total. The summed E-state index contributed by atoms with van der Waals surface area (Å²) in [6.07, 6.45) is 1.69. The number of phenolic OH excluding ortho intramolecular Hbond substituents is 1. The first kappa shape index (κ1) is 21.7. The van der Waals surface area contributed by atoms with E-state index in [1.54, 1.807) is 6.08 Å². The van der Waals surface area contributed by atoms with Crippen LogP contribution in [0.5, 0.6) is 5.75 Å². The van der Waals surface area contributed by atoms with E-state index in [1.807, 2.05) is 0 Å². The summed E-state index contributed by atoms with van der Waals surface area (Å²) in [7, 11) is 0. The molecule has 2 aliphatic carbocycles. The number of aromatic hydroxyl groups is 1. The lowest BCUT2D eigenvalue weighted by Crippen LogP contribution is -2.44. The Balaban J connectivity index is 1.66. The molecule has 6 unspecified atom stereocenters. The van der Waals surface area contributed by atoms with E-state index in [0.717, 1.165) is 12.1 Å². The molecule has 2 aliphatic heterocycles. The number of halogens is 1. The van der Waals surface area contributed by atoms with E-state index in [1.165, 1.54) is 6.07 Å². The number of allylic oxidation sites excluding steroid dienone is 2. The van der Waals surface area contributed by atoms with E-state index >= 15 is 0 Å². The average molecular weight is 470 g/mol. The number of urea groups is 2. The topological polar surface area (TPSA) is 181 Å². The van der Waals surface area contributed by atoms with Crippen molar-refractivity contribution in [3.05, 3.63) is 41.2 Å². The van der Waals surface area contributed by atoms with Crippen molar-refractivity contribution in [3.8, 4) is 5.75 Å². The number of likely N-dealkylation sites (tertiary alicyclic amines) is 2.